The predicted molar refractivity (Wildman–Crippen MR) is 226 cm³/mol. The Morgan fingerprint density at radius 1 is 0.308 bits per heavy atom. The van der Waals surface area contributed by atoms with Gasteiger partial charge in [0.2, 0.25) is 0 Å². The van der Waals surface area contributed by atoms with Gasteiger partial charge in [0.15, 0.2) is 0 Å². The molecular formula is C48H28N2S2. The summed E-state index contributed by atoms with van der Waals surface area (Å²) in [4.78, 5) is 0. The largest absolute Gasteiger partial charge is 0.309 e. The van der Waals surface area contributed by atoms with Crippen LogP contribution in [0.5, 0.6) is 0 Å². The smallest absolute Gasteiger partial charge is 0.0555 e. The molecule has 12 rings (SSSR count). The predicted octanol–water partition coefficient (Wildman–Crippen LogP) is 14.3. The number of para-hydroxylation sites is 2. The van der Waals surface area contributed by atoms with Crippen LogP contribution in [0.3, 0.4) is 0 Å². The Bertz CT molecular complexity index is 3170. The number of rotatable bonds is 3. The monoisotopic (exact) mass is 696 g/mol. The first-order chi connectivity index (χ1) is 25.8. The van der Waals surface area contributed by atoms with Gasteiger partial charge in [0.05, 0.1) is 22.1 Å². The maximum absolute atomic E-state index is 2.44. The van der Waals surface area contributed by atoms with Crippen LogP contribution in [-0.2, 0) is 0 Å². The number of thiophene rings is 2. The molecule has 0 unspecified atom stereocenters. The quantitative estimate of drug-likeness (QED) is 0.174. The summed E-state index contributed by atoms with van der Waals surface area (Å²) in [6, 6.07) is 62.7. The van der Waals surface area contributed by atoms with Gasteiger partial charge in [-0.2, -0.15) is 0 Å². The van der Waals surface area contributed by atoms with Gasteiger partial charge in [-0.1, -0.05) is 97.1 Å². The second-order valence-electron chi connectivity index (χ2n) is 13.7. The molecule has 0 aliphatic carbocycles. The van der Waals surface area contributed by atoms with Gasteiger partial charge in [-0.15, -0.1) is 22.7 Å². The van der Waals surface area contributed by atoms with Crippen LogP contribution >= 0.6 is 22.7 Å². The second-order valence-corrected chi connectivity index (χ2v) is 15.8. The number of hydrogen-bond acceptors (Lipinski definition) is 2. The molecule has 4 aromatic heterocycles. The lowest BCUT2D eigenvalue weighted by atomic mass is 10.00. The summed E-state index contributed by atoms with van der Waals surface area (Å²) >= 11 is 3.82. The summed E-state index contributed by atoms with van der Waals surface area (Å²) in [5.41, 5.74) is 9.74. The van der Waals surface area contributed by atoms with E-state index in [0.29, 0.717) is 0 Å². The van der Waals surface area contributed by atoms with Gasteiger partial charge >= 0.3 is 0 Å². The number of fused-ring (bicyclic) bond motifs is 14. The molecule has 242 valence electrons. The third kappa shape index (κ3) is 3.88. The molecule has 0 bridgehead atoms. The average Bonchev–Trinajstić information content (AvgIpc) is 3.95. The Morgan fingerprint density at radius 3 is 1.17 bits per heavy atom. The van der Waals surface area contributed by atoms with Gasteiger partial charge in [-0.05, 0) is 83.9 Å². The highest BCUT2D eigenvalue weighted by Gasteiger charge is 2.21. The summed E-state index contributed by atoms with van der Waals surface area (Å²) in [6.07, 6.45) is 0. The van der Waals surface area contributed by atoms with Crippen LogP contribution in [0.4, 0.5) is 0 Å². The molecule has 0 fully saturated rings. The lowest BCUT2D eigenvalue weighted by molar-refractivity contribution is 1.18. The minimum Gasteiger partial charge on any atom is -0.309 e. The lowest BCUT2D eigenvalue weighted by Crippen LogP contribution is -1.93. The topological polar surface area (TPSA) is 9.86 Å². The summed E-state index contributed by atoms with van der Waals surface area (Å²) in [5, 5.41) is 10.5. The minimum absolute atomic E-state index is 1.18. The number of hydrogen-bond donors (Lipinski definition) is 0. The van der Waals surface area contributed by atoms with E-state index < -0.39 is 0 Å². The molecule has 0 aliphatic rings. The summed E-state index contributed by atoms with van der Waals surface area (Å²) in [6.45, 7) is 0. The van der Waals surface area contributed by atoms with E-state index in [1.165, 1.54) is 106 Å². The van der Waals surface area contributed by atoms with E-state index in [0.717, 1.165) is 0 Å². The van der Waals surface area contributed by atoms with Gasteiger partial charge in [-0.3, -0.25) is 0 Å². The molecule has 4 heterocycles. The number of benzene rings is 8. The van der Waals surface area contributed by atoms with Crippen molar-refractivity contribution in [3.05, 3.63) is 170 Å². The van der Waals surface area contributed by atoms with Crippen molar-refractivity contribution in [3.8, 4) is 22.5 Å². The van der Waals surface area contributed by atoms with E-state index in [9.17, 15) is 0 Å². The number of nitrogens with zero attached hydrogens (tertiary/aromatic N) is 2. The van der Waals surface area contributed by atoms with Crippen molar-refractivity contribution in [1.29, 1.82) is 0 Å². The minimum atomic E-state index is 1.18. The highest BCUT2D eigenvalue weighted by molar-refractivity contribution is 7.27. The molecule has 2 nitrogen and oxygen atoms in total. The van der Waals surface area contributed by atoms with Crippen molar-refractivity contribution in [2.45, 2.75) is 0 Å². The lowest BCUT2D eigenvalue weighted by Gasteiger charge is -2.09. The molecule has 0 saturated heterocycles. The second kappa shape index (κ2) is 10.7. The van der Waals surface area contributed by atoms with Crippen molar-refractivity contribution < 1.29 is 0 Å². The van der Waals surface area contributed by atoms with Crippen molar-refractivity contribution in [2.24, 2.45) is 0 Å². The van der Waals surface area contributed by atoms with Crippen molar-refractivity contribution in [1.82, 2.24) is 9.13 Å². The van der Waals surface area contributed by atoms with E-state index >= 15 is 0 Å². The first-order valence-corrected chi connectivity index (χ1v) is 19.3. The van der Waals surface area contributed by atoms with E-state index in [4.69, 9.17) is 0 Å². The Morgan fingerprint density at radius 2 is 0.712 bits per heavy atom. The van der Waals surface area contributed by atoms with E-state index in [1.54, 1.807) is 0 Å². The Labute approximate surface area is 306 Å². The fraction of sp³-hybridized carbons (Fsp3) is 0. The zero-order chi connectivity index (χ0) is 33.9. The van der Waals surface area contributed by atoms with E-state index in [2.05, 4.69) is 179 Å². The highest BCUT2D eigenvalue weighted by Crippen LogP contribution is 2.46. The molecule has 0 atom stereocenters. The average molecular weight is 697 g/mol. The fourth-order valence-electron chi connectivity index (χ4n) is 8.64. The number of aromatic nitrogens is 2. The first-order valence-electron chi connectivity index (χ1n) is 17.7. The van der Waals surface area contributed by atoms with Gasteiger partial charge in [0.25, 0.3) is 0 Å². The van der Waals surface area contributed by atoms with Crippen LogP contribution in [0.2, 0.25) is 0 Å². The summed E-state index contributed by atoms with van der Waals surface area (Å²) in [7, 11) is 0. The molecular weight excluding hydrogens is 669 g/mol. The maximum Gasteiger partial charge on any atom is 0.0555 e. The molecule has 4 heteroatoms. The van der Waals surface area contributed by atoms with Crippen LogP contribution in [0, 0.1) is 0 Å². The van der Waals surface area contributed by atoms with Gasteiger partial charge in [-0.25, -0.2) is 0 Å². The zero-order valence-electron chi connectivity index (χ0n) is 27.9. The van der Waals surface area contributed by atoms with Crippen LogP contribution < -0.4 is 0 Å². The molecule has 0 N–H and O–H groups in total. The maximum atomic E-state index is 2.44. The van der Waals surface area contributed by atoms with Crippen molar-refractivity contribution >= 4 is 107 Å². The van der Waals surface area contributed by atoms with Gasteiger partial charge in [0, 0.05) is 73.3 Å². The highest BCUT2D eigenvalue weighted by atomic mass is 32.1. The molecule has 12 aromatic rings. The van der Waals surface area contributed by atoms with Crippen LogP contribution in [0.1, 0.15) is 0 Å². The normalized spacial score (nSPS) is 12.2. The third-order valence-electron chi connectivity index (χ3n) is 10.9. The Balaban J connectivity index is 1.17. The van der Waals surface area contributed by atoms with Crippen molar-refractivity contribution in [3.63, 3.8) is 0 Å². The molecule has 0 aliphatic heterocycles. The van der Waals surface area contributed by atoms with Crippen LogP contribution in [0.25, 0.3) is 106 Å². The van der Waals surface area contributed by atoms with E-state index in [1.807, 2.05) is 22.7 Å². The summed E-state index contributed by atoms with van der Waals surface area (Å²) < 4.78 is 10.2. The van der Waals surface area contributed by atoms with Crippen molar-refractivity contribution in [2.75, 3.05) is 0 Å². The third-order valence-corrected chi connectivity index (χ3v) is 13.3. The fourth-order valence-corrected chi connectivity index (χ4v) is 11.2. The zero-order valence-corrected chi connectivity index (χ0v) is 29.5. The first kappa shape index (κ1) is 28.5. The SMILES string of the molecule is c1ccc(-n2c3ccc(-c4ccc5c(c4)c4c6sc7ccccc7c6ccc4n5-c4ccccc4)cc3c3c4sc5ccccc5c4ccc32)cc1. The molecule has 8 aromatic carbocycles. The molecule has 0 spiro atoms. The summed E-state index contributed by atoms with van der Waals surface area (Å²) in [5.74, 6) is 0. The standard InChI is InChI=1S/C48H28N2S2/c1-3-11-31(12-4-1)49-39-23-19-29(27-37(39)45-41(49)25-21-35-33-15-7-9-17-43(33)51-47(35)45)30-20-24-40-38(28-30)46-42(50(40)32-13-5-2-6-14-32)26-22-36-34-16-8-10-18-44(34)52-48(36)46/h1-28H. The van der Waals surface area contributed by atoms with Gasteiger partial charge < -0.3 is 9.13 Å². The molecule has 0 saturated carbocycles. The Hall–Kier alpha value is -6.20. The molecule has 52 heavy (non-hydrogen) atoms. The molecule has 0 amide bonds. The van der Waals surface area contributed by atoms with Crippen LogP contribution in [-0.4, -0.2) is 9.13 Å². The Kier molecular flexibility index (Phi) is 5.84. The van der Waals surface area contributed by atoms with E-state index in [-0.39, 0.29) is 0 Å². The molecule has 0 radical (unpaired) electrons. The van der Waals surface area contributed by atoms with Crippen LogP contribution in [0.15, 0.2) is 170 Å². The van der Waals surface area contributed by atoms with Gasteiger partial charge in [0.1, 0.15) is 0 Å².